The van der Waals surface area contributed by atoms with Crippen molar-refractivity contribution in [3.63, 3.8) is 0 Å². The Kier molecular flexibility index (Phi) is 11.9. The minimum Gasteiger partial charge on any atom is -0.493 e. The first-order valence-electron chi connectivity index (χ1n) is 19.2. The zero-order chi connectivity index (χ0) is 40.9. The standard InChI is InChI=1S/C44H48N4O10/c1-26-19-36(42-47(15-18-57-42)44(52)58-25-33-29-13-7-5-11-27(29)28-12-6-8-14-30(28)33)48(24-26)41(49)31-20-37(53-2)39(22-34(31)45)55-16-9-4-10-17-56-40-23-35(46)32(43(50)51)21-38(40)54-3/h5-8,11-14,20-23,33,36,42H,1,4,9-10,15-19,24-25,45-46H2,2-3H3,(H,50,51). The predicted molar refractivity (Wildman–Crippen MR) is 217 cm³/mol. The maximum atomic E-state index is 14.2. The monoisotopic (exact) mass is 792 g/mol. The topological polar surface area (TPSA) is 185 Å². The Balaban J connectivity index is 0.943. The van der Waals surface area contributed by atoms with Crippen LogP contribution in [-0.2, 0) is 9.47 Å². The van der Waals surface area contributed by atoms with Crippen LogP contribution in [0.5, 0.6) is 23.0 Å². The Bertz CT molecular complexity index is 2160. The van der Waals surface area contributed by atoms with Crippen LogP contribution < -0.4 is 30.4 Å². The van der Waals surface area contributed by atoms with Gasteiger partial charge in [0.25, 0.3) is 5.91 Å². The molecule has 1 aliphatic carbocycles. The Morgan fingerprint density at radius 2 is 1.36 bits per heavy atom. The highest BCUT2D eigenvalue weighted by Gasteiger charge is 2.45. The second-order valence-electron chi connectivity index (χ2n) is 14.5. The van der Waals surface area contributed by atoms with Gasteiger partial charge in [0.2, 0.25) is 0 Å². The number of nitrogens with two attached hydrogens (primary N) is 2. The lowest BCUT2D eigenvalue weighted by Crippen LogP contribution is -2.51. The number of carboxylic acid groups (broad SMARTS) is 1. The van der Waals surface area contributed by atoms with E-state index >= 15 is 0 Å². The molecule has 304 valence electrons. The van der Waals surface area contributed by atoms with Crippen molar-refractivity contribution in [2.24, 2.45) is 0 Å². The van der Waals surface area contributed by atoms with Crippen molar-refractivity contribution in [3.8, 4) is 34.1 Å². The number of rotatable bonds is 15. The zero-order valence-corrected chi connectivity index (χ0v) is 32.6. The molecule has 2 atom stereocenters. The largest absolute Gasteiger partial charge is 0.493 e. The number of carbonyl (C=O) groups excluding carboxylic acids is 2. The average Bonchev–Trinajstić information content (AvgIpc) is 3.95. The van der Waals surface area contributed by atoms with E-state index in [4.69, 9.17) is 39.9 Å². The summed E-state index contributed by atoms with van der Waals surface area (Å²) in [6, 6.07) is 21.8. The third kappa shape index (κ3) is 8.05. The Hall–Kier alpha value is -6.41. The molecule has 14 heteroatoms. The van der Waals surface area contributed by atoms with Gasteiger partial charge in [0.1, 0.15) is 6.61 Å². The maximum absolute atomic E-state index is 14.2. The number of amides is 2. The van der Waals surface area contributed by atoms with Crippen LogP contribution in [0.4, 0.5) is 16.2 Å². The van der Waals surface area contributed by atoms with Crippen LogP contribution in [0.2, 0.25) is 0 Å². The van der Waals surface area contributed by atoms with E-state index in [-0.39, 0.29) is 53.2 Å². The molecule has 4 aromatic carbocycles. The molecule has 2 heterocycles. The van der Waals surface area contributed by atoms with Gasteiger partial charge in [-0.1, -0.05) is 60.7 Å². The van der Waals surface area contributed by atoms with Crippen molar-refractivity contribution in [2.75, 3.05) is 65.2 Å². The van der Waals surface area contributed by atoms with E-state index in [1.54, 1.807) is 21.9 Å². The number of ether oxygens (including phenoxy) is 6. The van der Waals surface area contributed by atoms with E-state index in [1.165, 1.54) is 26.4 Å². The second-order valence-corrected chi connectivity index (χ2v) is 14.5. The van der Waals surface area contributed by atoms with Crippen LogP contribution in [0, 0.1) is 0 Å². The summed E-state index contributed by atoms with van der Waals surface area (Å²) < 4.78 is 34.8. The number of carboxylic acids is 1. The van der Waals surface area contributed by atoms with Crippen LogP contribution in [0.15, 0.2) is 84.9 Å². The average molecular weight is 793 g/mol. The molecular weight excluding hydrogens is 745 g/mol. The smallest absolute Gasteiger partial charge is 0.412 e. The number of likely N-dealkylation sites (tertiary alicyclic amines) is 1. The van der Waals surface area contributed by atoms with Gasteiger partial charge in [0.05, 0.1) is 63.4 Å². The molecule has 4 aromatic rings. The summed E-state index contributed by atoms with van der Waals surface area (Å²) in [4.78, 5) is 42.5. The van der Waals surface area contributed by atoms with Gasteiger partial charge in [-0.05, 0) is 54.0 Å². The Morgan fingerprint density at radius 3 is 1.95 bits per heavy atom. The number of aromatic carboxylic acids is 1. The van der Waals surface area contributed by atoms with E-state index in [2.05, 4.69) is 30.8 Å². The van der Waals surface area contributed by atoms with Crippen molar-refractivity contribution in [1.82, 2.24) is 9.80 Å². The summed E-state index contributed by atoms with van der Waals surface area (Å²) >= 11 is 0. The normalized spacial score (nSPS) is 17.2. The molecule has 0 bridgehead atoms. The van der Waals surface area contributed by atoms with Gasteiger partial charge < -0.3 is 49.9 Å². The van der Waals surface area contributed by atoms with Crippen LogP contribution in [0.1, 0.15) is 63.4 Å². The fourth-order valence-corrected chi connectivity index (χ4v) is 7.95. The van der Waals surface area contributed by atoms with Crippen molar-refractivity contribution < 1.29 is 47.9 Å². The van der Waals surface area contributed by atoms with Gasteiger partial charge in [-0.3, -0.25) is 9.69 Å². The number of fused-ring (bicyclic) bond motifs is 3. The van der Waals surface area contributed by atoms with E-state index in [9.17, 15) is 19.5 Å². The molecule has 2 amide bonds. The fraction of sp³-hybridized carbons (Fsp3) is 0.341. The molecule has 3 aliphatic rings. The van der Waals surface area contributed by atoms with Crippen LogP contribution >= 0.6 is 0 Å². The number of carbonyl (C=O) groups is 3. The fourth-order valence-electron chi connectivity index (χ4n) is 7.95. The minimum atomic E-state index is -1.15. The molecular formula is C44H48N4O10. The lowest BCUT2D eigenvalue weighted by Gasteiger charge is -2.33. The molecule has 2 aliphatic heterocycles. The molecule has 2 saturated heterocycles. The number of unbranched alkanes of at least 4 members (excludes halogenated alkanes) is 2. The van der Waals surface area contributed by atoms with Crippen molar-refractivity contribution in [1.29, 1.82) is 0 Å². The number of nitrogens with zero attached hydrogens (tertiary/aromatic N) is 2. The maximum Gasteiger partial charge on any atom is 0.412 e. The number of hydrogen-bond donors (Lipinski definition) is 3. The minimum absolute atomic E-state index is 0.0562. The zero-order valence-electron chi connectivity index (χ0n) is 32.6. The van der Waals surface area contributed by atoms with Crippen LogP contribution in [0.3, 0.4) is 0 Å². The molecule has 0 saturated carbocycles. The molecule has 2 unspecified atom stereocenters. The molecule has 0 aromatic heterocycles. The summed E-state index contributed by atoms with van der Waals surface area (Å²) in [5, 5.41) is 9.30. The van der Waals surface area contributed by atoms with Gasteiger partial charge >= 0.3 is 12.1 Å². The highest BCUT2D eigenvalue weighted by Crippen LogP contribution is 2.45. The van der Waals surface area contributed by atoms with Gasteiger partial charge in [-0.2, -0.15) is 0 Å². The van der Waals surface area contributed by atoms with Gasteiger partial charge in [0, 0.05) is 36.3 Å². The Labute approximate surface area is 336 Å². The quantitative estimate of drug-likeness (QED) is 0.0669. The van der Waals surface area contributed by atoms with Crippen LogP contribution in [-0.4, -0.2) is 98.9 Å². The first-order valence-corrected chi connectivity index (χ1v) is 19.2. The number of benzene rings is 4. The van der Waals surface area contributed by atoms with E-state index in [0.717, 1.165) is 34.2 Å². The molecule has 7 rings (SSSR count). The SMILES string of the molecule is C=C1CC(C2OCCN2C(=O)OCC2c3ccccc3-c3ccccc32)N(C(=O)c2cc(OC)c(OCCCCCOc3cc(N)c(C(=O)O)cc3OC)cc2N)C1. The lowest BCUT2D eigenvalue weighted by molar-refractivity contribution is -0.0211. The van der Waals surface area contributed by atoms with Crippen molar-refractivity contribution in [2.45, 2.75) is 43.9 Å². The van der Waals surface area contributed by atoms with E-state index in [0.29, 0.717) is 62.9 Å². The third-order valence-corrected chi connectivity index (χ3v) is 10.8. The lowest BCUT2D eigenvalue weighted by atomic mass is 9.98. The molecule has 14 nitrogen and oxygen atoms in total. The van der Waals surface area contributed by atoms with Gasteiger partial charge in [-0.25, -0.2) is 9.59 Å². The Morgan fingerprint density at radius 1 is 0.793 bits per heavy atom. The van der Waals surface area contributed by atoms with Gasteiger partial charge in [0.15, 0.2) is 29.2 Å². The van der Waals surface area contributed by atoms with Crippen molar-refractivity contribution >= 4 is 29.3 Å². The summed E-state index contributed by atoms with van der Waals surface area (Å²) in [6.07, 6.45) is 1.35. The van der Waals surface area contributed by atoms with E-state index < -0.39 is 24.3 Å². The first kappa shape index (κ1) is 39.8. The van der Waals surface area contributed by atoms with Gasteiger partial charge in [-0.15, -0.1) is 0 Å². The summed E-state index contributed by atoms with van der Waals surface area (Å²) in [5.74, 6) is -0.180. The van der Waals surface area contributed by atoms with Crippen LogP contribution in [0.25, 0.3) is 11.1 Å². The summed E-state index contributed by atoms with van der Waals surface area (Å²) in [7, 11) is 2.92. The van der Waals surface area contributed by atoms with E-state index in [1.807, 2.05) is 24.3 Å². The first-order chi connectivity index (χ1) is 28.1. The molecule has 0 spiro atoms. The number of methoxy groups -OCH3 is 2. The summed E-state index contributed by atoms with van der Waals surface area (Å²) in [5.41, 5.74) is 18.2. The molecule has 2 fully saturated rings. The molecule has 58 heavy (non-hydrogen) atoms. The summed E-state index contributed by atoms with van der Waals surface area (Å²) in [6.45, 7) is 5.96. The molecule has 5 N–H and O–H groups in total. The predicted octanol–water partition coefficient (Wildman–Crippen LogP) is 6.57. The second kappa shape index (κ2) is 17.4. The highest BCUT2D eigenvalue weighted by atomic mass is 16.6. The van der Waals surface area contributed by atoms with Crippen molar-refractivity contribution in [3.05, 3.63) is 107 Å². The number of hydrogen-bond acceptors (Lipinski definition) is 11. The number of nitrogen functional groups attached to an aromatic ring is 2. The highest BCUT2D eigenvalue weighted by molar-refractivity contribution is 6.00. The number of anilines is 2. The third-order valence-electron chi connectivity index (χ3n) is 10.8. The molecule has 0 radical (unpaired) electrons.